The quantitative estimate of drug-likeness (QED) is 0.792. The third kappa shape index (κ3) is 3.41. The first-order valence-electron chi connectivity index (χ1n) is 6.35. The second-order valence-electron chi connectivity index (χ2n) is 4.93. The minimum absolute atomic E-state index is 0.00553. The van der Waals surface area contributed by atoms with Crippen molar-refractivity contribution in [1.82, 2.24) is 4.98 Å². The third-order valence-electron chi connectivity index (χ3n) is 2.91. The number of ether oxygens (including phenoxy) is 1. The molecule has 2 aromatic rings. The standard InChI is InChI=1S/C14H16ClNO3S/c1-10(2)7-9-19-12-5-6-13(20(15,17)18)14-11(12)4-3-8-16-14/h3-6,8,10H,7,9H2,1-2H3. The van der Waals surface area contributed by atoms with Crippen molar-refractivity contribution in [3.8, 4) is 5.75 Å². The van der Waals surface area contributed by atoms with Crippen LogP contribution in [0.25, 0.3) is 10.9 Å². The maximum absolute atomic E-state index is 11.5. The molecule has 4 nitrogen and oxygen atoms in total. The van der Waals surface area contributed by atoms with Crippen molar-refractivity contribution in [2.45, 2.75) is 25.2 Å². The Kier molecular flexibility index (Phi) is 4.50. The van der Waals surface area contributed by atoms with E-state index in [2.05, 4.69) is 18.8 Å². The van der Waals surface area contributed by atoms with Crippen LogP contribution < -0.4 is 4.74 Å². The fraction of sp³-hybridized carbons (Fsp3) is 0.357. The Morgan fingerprint density at radius 2 is 2.05 bits per heavy atom. The van der Waals surface area contributed by atoms with E-state index in [-0.39, 0.29) is 4.90 Å². The Balaban J connectivity index is 2.44. The first-order valence-corrected chi connectivity index (χ1v) is 8.65. The van der Waals surface area contributed by atoms with Gasteiger partial charge in [-0.1, -0.05) is 13.8 Å². The van der Waals surface area contributed by atoms with Crippen LogP contribution in [0.3, 0.4) is 0 Å². The lowest BCUT2D eigenvalue weighted by Crippen LogP contribution is -2.03. The van der Waals surface area contributed by atoms with Gasteiger partial charge in [-0.15, -0.1) is 0 Å². The van der Waals surface area contributed by atoms with Gasteiger partial charge in [0.1, 0.15) is 10.6 Å². The van der Waals surface area contributed by atoms with Crippen LogP contribution in [0.4, 0.5) is 0 Å². The molecule has 0 saturated carbocycles. The molecule has 0 aliphatic carbocycles. The molecule has 1 heterocycles. The molecule has 0 aliphatic heterocycles. The zero-order valence-electron chi connectivity index (χ0n) is 11.3. The molecule has 0 aliphatic rings. The fourth-order valence-electron chi connectivity index (χ4n) is 1.85. The number of benzene rings is 1. The van der Waals surface area contributed by atoms with Gasteiger partial charge < -0.3 is 4.74 Å². The highest BCUT2D eigenvalue weighted by Gasteiger charge is 2.17. The van der Waals surface area contributed by atoms with Gasteiger partial charge in [0.2, 0.25) is 0 Å². The third-order valence-corrected chi connectivity index (χ3v) is 4.26. The summed E-state index contributed by atoms with van der Waals surface area (Å²) in [6, 6.07) is 6.57. The topological polar surface area (TPSA) is 56.3 Å². The first-order chi connectivity index (χ1) is 9.39. The van der Waals surface area contributed by atoms with Crippen molar-refractivity contribution in [3.63, 3.8) is 0 Å². The molecule has 0 fully saturated rings. The summed E-state index contributed by atoms with van der Waals surface area (Å²) in [5, 5.41) is 0.651. The first kappa shape index (κ1) is 15.1. The van der Waals surface area contributed by atoms with Gasteiger partial charge in [0.15, 0.2) is 0 Å². The molecule has 0 saturated heterocycles. The highest BCUT2D eigenvalue weighted by atomic mass is 35.7. The molecule has 0 unspecified atom stereocenters. The van der Waals surface area contributed by atoms with Crippen molar-refractivity contribution in [1.29, 1.82) is 0 Å². The van der Waals surface area contributed by atoms with Gasteiger partial charge in [0.05, 0.1) is 12.1 Å². The molecule has 0 bridgehead atoms. The van der Waals surface area contributed by atoms with Crippen molar-refractivity contribution >= 4 is 30.6 Å². The smallest absolute Gasteiger partial charge is 0.263 e. The predicted octanol–water partition coefficient (Wildman–Crippen LogP) is 3.59. The Hall–Kier alpha value is -1.33. The van der Waals surface area contributed by atoms with Crippen LogP contribution in [-0.4, -0.2) is 20.0 Å². The van der Waals surface area contributed by atoms with Gasteiger partial charge in [-0.2, -0.15) is 0 Å². The van der Waals surface area contributed by atoms with Gasteiger partial charge in [-0.3, -0.25) is 4.98 Å². The van der Waals surface area contributed by atoms with Crippen LogP contribution in [-0.2, 0) is 9.05 Å². The van der Waals surface area contributed by atoms with E-state index in [4.69, 9.17) is 15.4 Å². The summed E-state index contributed by atoms with van der Waals surface area (Å²) >= 11 is 0. The zero-order chi connectivity index (χ0) is 14.8. The van der Waals surface area contributed by atoms with Gasteiger partial charge in [-0.05, 0) is 36.6 Å². The van der Waals surface area contributed by atoms with Crippen LogP contribution in [0.15, 0.2) is 35.4 Å². The molecule has 0 spiro atoms. The van der Waals surface area contributed by atoms with Crippen LogP contribution >= 0.6 is 10.7 Å². The molecular weight excluding hydrogens is 298 g/mol. The average molecular weight is 314 g/mol. The van der Waals surface area contributed by atoms with Crippen LogP contribution in [0.2, 0.25) is 0 Å². The van der Waals surface area contributed by atoms with Crippen LogP contribution in [0.1, 0.15) is 20.3 Å². The lowest BCUT2D eigenvalue weighted by Gasteiger charge is -2.11. The average Bonchev–Trinajstić information content (AvgIpc) is 2.37. The number of hydrogen-bond acceptors (Lipinski definition) is 4. The van der Waals surface area contributed by atoms with Crippen molar-refractivity contribution < 1.29 is 13.2 Å². The van der Waals surface area contributed by atoms with E-state index in [1.807, 2.05) is 0 Å². The molecule has 0 amide bonds. The summed E-state index contributed by atoms with van der Waals surface area (Å²) in [5.74, 6) is 1.17. The molecule has 108 valence electrons. The minimum atomic E-state index is -3.83. The Labute approximate surface area is 123 Å². The highest BCUT2D eigenvalue weighted by Crippen LogP contribution is 2.31. The Morgan fingerprint density at radius 1 is 1.30 bits per heavy atom. The number of fused-ring (bicyclic) bond motifs is 1. The molecule has 0 radical (unpaired) electrons. The SMILES string of the molecule is CC(C)CCOc1ccc(S(=O)(=O)Cl)c2ncccc12. The monoisotopic (exact) mass is 313 g/mol. The van der Waals surface area contributed by atoms with E-state index in [0.29, 0.717) is 29.2 Å². The Bertz CT molecular complexity index is 713. The number of pyridine rings is 1. The summed E-state index contributed by atoms with van der Waals surface area (Å²) in [4.78, 5) is 4.11. The number of hydrogen-bond donors (Lipinski definition) is 0. The molecule has 1 aromatic carbocycles. The summed E-state index contributed by atoms with van der Waals surface area (Å²) < 4.78 is 28.8. The predicted molar refractivity (Wildman–Crippen MR) is 79.7 cm³/mol. The number of rotatable bonds is 5. The Morgan fingerprint density at radius 3 is 2.70 bits per heavy atom. The van der Waals surface area contributed by atoms with Gasteiger partial charge in [0.25, 0.3) is 9.05 Å². The molecule has 0 atom stereocenters. The lowest BCUT2D eigenvalue weighted by atomic mass is 10.1. The summed E-state index contributed by atoms with van der Waals surface area (Å²) in [5.41, 5.74) is 0.338. The maximum atomic E-state index is 11.5. The number of aromatic nitrogens is 1. The van der Waals surface area contributed by atoms with E-state index in [1.165, 1.54) is 12.3 Å². The molecule has 6 heteroatoms. The van der Waals surface area contributed by atoms with E-state index in [0.717, 1.165) is 6.42 Å². The second kappa shape index (κ2) is 5.97. The van der Waals surface area contributed by atoms with E-state index >= 15 is 0 Å². The summed E-state index contributed by atoms with van der Waals surface area (Å²) in [6.45, 7) is 4.81. The number of halogens is 1. The van der Waals surface area contributed by atoms with Gasteiger partial charge in [0, 0.05) is 22.3 Å². The van der Waals surface area contributed by atoms with Gasteiger partial charge >= 0.3 is 0 Å². The van der Waals surface area contributed by atoms with E-state index < -0.39 is 9.05 Å². The van der Waals surface area contributed by atoms with Crippen LogP contribution in [0.5, 0.6) is 5.75 Å². The van der Waals surface area contributed by atoms with Crippen molar-refractivity contribution in [2.75, 3.05) is 6.61 Å². The summed E-state index contributed by atoms with van der Waals surface area (Å²) in [7, 11) is 1.60. The second-order valence-corrected chi connectivity index (χ2v) is 7.46. The molecular formula is C14H16ClNO3S. The normalized spacial score (nSPS) is 12.0. The highest BCUT2D eigenvalue weighted by molar-refractivity contribution is 8.14. The van der Waals surface area contributed by atoms with Crippen LogP contribution in [0, 0.1) is 5.92 Å². The summed E-state index contributed by atoms with van der Waals surface area (Å²) in [6.07, 6.45) is 2.46. The van der Waals surface area contributed by atoms with E-state index in [9.17, 15) is 8.42 Å². The maximum Gasteiger partial charge on any atom is 0.263 e. The number of nitrogens with zero attached hydrogens (tertiary/aromatic N) is 1. The molecule has 20 heavy (non-hydrogen) atoms. The minimum Gasteiger partial charge on any atom is -0.493 e. The van der Waals surface area contributed by atoms with E-state index in [1.54, 1.807) is 18.2 Å². The zero-order valence-corrected chi connectivity index (χ0v) is 12.9. The van der Waals surface area contributed by atoms with Crippen molar-refractivity contribution in [2.24, 2.45) is 5.92 Å². The lowest BCUT2D eigenvalue weighted by molar-refractivity contribution is 0.292. The molecule has 1 aromatic heterocycles. The molecule has 0 N–H and O–H groups in total. The largest absolute Gasteiger partial charge is 0.493 e. The van der Waals surface area contributed by atoms with Crippen molar-refractivity contribution in [3.05, 3.63) is 30.5 Å². The molecule has 2 rings (SSSR count). The van der Waals surface area contributed by atoms with Gasteiger partial charge in [-0.25, -0.2) is 8.42 Å². The fourth-order valence-corrected chi connectivity index (χ4v) is 2.85.